The van der Waals surface area contributed by atoms with E-state index in [1.54, 1.807) is 0 Å². The van der Waals surface area contributed by atoms with Crippen molar-refractivity contribution in [3.63, 3.8) is 0 Å². The fourth-order valence-electron chi connectivity index (χ4n) is 5.54. The lowest BCUT2D eigenvalue weighted by molar-refractivity contribution is -0.388. The van der Waals surface area contributed by atoms with Crippen LogP contribution in [0.1, 0.15) is 0 Å². The van der Waals surface area contributed by atoms with Gasteiger partial charge in [-0.15, -0.1) is 0 Å². The van der Waals surface area contributed by atoms with E-state index in [-0.39, 0.29) is 0 Å². The van der Waals surface area contributed by atoms with Gasteiger partial charge in [0.25, 0.3) is 0 Å². The van der Waals surface area contributed by atoms with Crippen LogP contribution in [0.3, 0.4) is 0 Å². The van der Waals surface area contributed by atoms with E-state index in [2.05, 4.69) is 0 Å². The molecule has 4 rings (SSSR count). The molecule has 20 atom stereocenters. The lowest BCUT2D eigenvalue weighted by Gasteiger charge is -2.49. The molecule has 0 aromatic carbocycles. The SMILES string of the molecule is OC[C@H]1O[C@@H](O[C@H]2[C@@H](O)[C@@H](CO)O[C@H](O[C@@H]3[C@H](O)[C@@H](O)[C@H](O[C@H]4[C@H](O)[C@H](O)[C@H](O)O[C@@H]4CO)O[C@@H]3CO)[C@@H]2O)[C@H](O)[C@@H](O)[C@H]1O. The molecular formula is C24H42O21. The topological polar surface area (TPSA) is 348 Å². The fourth-order valence-corrected chi connectivity index (χ4v) is 5.54. The van der Waals surface area contributed by atoms with Gasteiger partial charge in [0, 0.05) is 0 Å². The van der Waals surface area contributed by atoms with Gasteiger partial charge in [-0.05, 0) is 0 Å². The molecule has 4 aliphatic heterocycles. The highest BCUT2D eigenvalue weighted by Crippen LogP contribution is 2.34. The highest BCUT2D eigenvalue weighted by Gasteiger charge is 2.55. The third-order valence-electron chi connectivity index (χ3n) is 8.20. The van der Waals surface area contributed by atoms with Crippen molar-refractivity contribution >= 4 is 0 Å². The first-order valence-electron chi connectivity index (χ1n) is 14.1. The van der Waals surface area contributed by atoms with Gasteiger partial charge in [0.1, 0.15) is 97.7 Å². The maximum Gasteiger partial charge on any atom is 0.187 e. The molecular weight excluding hydrogens is 624 g/mol. The molecule has 4 fully saturated rings. The Morgan fingerprint density at radius 2 is 0.711 bits per heavy atom. The summed E-state index contributed by atoms with van der Waals surface area (Å²) in [7, 11) is 0. The van der Waals surface area contributed by atoms with Crippen LogP contribution in [0.5, 0.6) is 0 Å². The second-order valence-corrected chi connectivity index (χ2v) is 11.1. The van der Waals surface area contributed by atoms with E-state index in [4.69, 9.17) is 33.2 Å². The summed E-state index contributed by atoms with van der Waals surface area (Å²) in [4.78, 5) is 0. The Labute approximate surface area is 254 Å². The smallest absolute Gasteiger partial charge is 0.187 e. The van der Waals surface area contributed by atoms with Crippen molar-refractivity contribution in [3.8, 4) is 0 Å². The standard InChI is InChI=1S/C24H42O21/c25-1-5-9(29)11(31)15(35)22(40-5)45-20-10(30)6(2-26)41-24(17(20)37)44-19-8(4-28)42-23(16(36)13(19)33)43-18-7(3-27)39-21(38)14(34)12(18)32/h5-38H,1-4H2/t5-,6-,7-,8-,9+,10+,11+,12-,13-,14+,15-,16-,17-,18-,19+,20+,21-,22+,23+,24-/m1/s1. The monoisotopic (exact) mass is 666 g/mol. The van der Waals surface area contributed by atoms with E-state index in [1.165, 1.54) is 0 Å². The van der Waals surface area contributed by atoms with Crippen LogP contribution in [0.15, 0.2) is 0 Å². The average molecular weight is 667 g/mol. The van der Waals surface area contributed by atoms with E-state index in [0.29, 0.717) is 0 Å². The molecule has 4 saturated heterocycles. The van der Waals surface area contributed by atoms with E-state index in [1.807, 2.05) is 0 Å². The van der Waals surface area contributed by atoms with Gasteiger partial charge in [-0.2, -0.15) is 0 Å². The maximum absolute atomic E-state index is 11.0. The summed E-state index contributed by atoms with van der Waals surface area (Å²) in [5, 5.41) is 142. The van der Waals surface area contributed by atoms with E-state index in [0.717, 1.165) is 0 Å². The Morgan fingerprint density at radius 1 is 0.333 bits per heavy atom. The lowest BCUT2D eigenvalue weighted by Crippen LogP contribution is -2.67. The van der Waals surface area contributed by atoms with Gasteiger partial charge < -0.3 is 105 Å². The van der Waals surface area contributed by atoms with Crippen LogP contribution in [-0.2, 0) is 33.2 Å². The molecule has 0 unspecified atom stereocenters. The zero-order valence-corrected chi connectivity index (χ0v) is 23.5. The molecule has 0 spiro atoms. The molecule has 0 aromatic rings. The maximum atomic E-state index is 11.0. The summed E-state index contributed by atoms with van der Waals surface area (Å²) in [6, 6.07) is 0. The molecule has 0 radical (unpaired) electrons. The van der Waals surface area contributed by atoms with Gasteiger partial charge in [0.15, 0.2) is 25.2 Å². The van der Waals surface area contributed by atoms with Crippen LogP contribution in [0, 0.1) is 0 Å². The molecule has 45 heavy (non-hydrogen) atoms. The van der Waals surface area contributed by atoms with Crippen molar-refractivity contribution in [1.82, 2.24) is 0 Å². The van der Waals surface area contributed by atoms with Gasteiger partial charge in [-0.3, -0.25) is 0 Å². The van der Waals surface area contributed by atoms with Crippen LogP contribution in [0.4, 0.5) is 0 Å². The molecule has 14 N–H and O–H groups in total. The van der Waals surface area contributed by atoms with Crippen molar-refractivity contribution < 1.29 is 105 Å². The molecule has 264 valence electrons. The summed E-state index contributed by atoms with van der Waals surface area (Å²) < 4.78 is 37.7. The average Bonchev–Trinajstić information content (AvgIpc) is 3.03. The zero-order valence-electron chi connectivity index (χ0n) is 23.5. The second-order valence-electron chi connectivity index (χ2n) is 11.1. The highest BCUT2D eigenvalue weighted by molar-refractivity contribution is 4.97. The molecule has 0 saturated carbocycles. The minimum absolute atomic E-state index is 0.806. The Hall–Kier alpha value is -0.840. The first kappa shape index (κ1) is 37.0. The minimum atomic E-state index is -2.02. The highest BCUT2D eigenvalue weighted by atomic mass is 16.8. The number of aliphatic hydroxyl groups is 14. The predicted octanol–water partition coefficient (Wildman–Crippen LogP) is -9.75. The van der Waals surface area contributed by atoms with Crippen molar-refractivity contribution in [3.05, 3.63) is 0 Å². The summed E-state index contributed by atoms with van der Waals surface area (Å²) in [6.45, 7) is -3.41. The summed E-state index contributed by atoms with van der Waals surface area (Å²) in [5.41, 5.74) is 0. The van der Waals surface area contributed by atoms with E-state index in [9.17, 15) is 71.5 Å². The fraction of sp³-hybridized carbons (Fsp3) is 1.00. The second kappa shape index (κ2) is 15.6. The predicted molar refractivity (Wildman–Crippen MR) is 134 cm³/mol. The molecule has 4 aliphatic rings. The quantitative estimate of drug-likeness (QED) is 0.103. The molecule has 21 heteroatoms. The number of ether oxygens (including phenoxy) is 7. The van der Waals surface area contributed by atoms with Crippen LogP contribution in [0.25, 0.3) is 0 Å². The molecule has 0 aromatic heterocycles. The van der Waals surface area contributed by atoms with Crippen molar-refractivity contribution in [2.45, 2.75) is 123 Å². The van der Waals surface area contributed by atoms with Crippen LogP contribution >= 0.6 is 0 Å². The van der Waals surface area contributed by atoms with Gasteiger partial charge in [0.05, 0.1) is 26.4 Å². The van der Waals surface area contributed by atoms with Gasteiger partial charge in [-0.1, -0.05) is 0 Å². The molecule has 0 bridgehead atoms. The Kier molecular flexibility index (Phi) is 12.8. The summed E-state index contributed by atoms with van der Waals surface area (Å²) in [6.07, 6.45) is -35.6. The first-order chi connectivity index (χ1) is 21.3. The Balaban J connectivity index is 1.48. The largest absolute Gasteiger partial charge is 0.394 e. The molecule has 0 aliphatic carbocycles. The minimum Gasteiger partial charge on any atom is -0.394 e. The number of aliphatic hydroxyl groups excluding tert-OH is 14. The summed E-state index contributed by atoms with van der Waals surface area (Å²) in [5.74, 6) is 0. The normalized spacial score (nSPS) is 52.9. The third kappa shape index (κ3) is 7.44. The molecule has 4 heterocycles. The number of hydrogen-bond acceptors (Lipinski definition) is 21. The van der Waals surface area contributed by atoms with Crippen LogP contribution in [0.2, 0.25) is 0 Å². The van der Waals surface area contributed by atoms with Crippen molar-refractivity contribution in [2.75, 3.05) is 26.4 Å². The Bertz CT molecular complexity index is 912. The third-order valence-corrected chi connectivity index (χ3v) is 8.20. The van der Waals surface area contributed by atoms with E-state index >= 15 is 0 Å². The molecule has 0 amide bonds. The number of hydrogen-bond donors (Lipinski definition) is 14. The van der Waals surface area contributed by atoms with Crippen LogP contribution < -0.4 is 0 Å². The van der Waals surface area contributed by atoms with Crippen molar-refractivity contribution in [1.29, 1.82) is 0 Å². The van der Waals surface area contributed by atoms with Gasteiger partial charge in [-0.25, -0.2) is 0 Å². The van der Waals surface area contributed by atoms with E-state index < -0.39 is 149 Å². The number of rotatable bonds is 10. The summed E-state index contributed by atoms with van der Waals surface area (Å²) >= 11 is 0. The van der Waals surface area contributed by atoms with Gasteiger partial charge in [0.2, 0.25) is 0 Å². The van der Waals surface area contributed by atoms with Gasteiger partial charge >= 0.3 is 0 Å². The Morgan fingerprint density at radius 3 is 1.22 bits per heavy atom. The zero-order chi connectivity index (χ0) is 33.3. The van der Waals surface area contributed by atoms with Crippen LogP contribution in [-0.4, -0.2) is 221 Å². The van der Waals surface area contributed by atoms with Crippen molar-refractivity contribution in [2.24, 2.45) is 0 Å². The lowest BCUT2D eigenvalue weighted by atomic mass is 9.95. The molecule has 21 nitrogen and oxygen atoms in total. The first-order valence-corrected chi connectivity index (χ1v) is 14.1.